The number of hydrogen-bond donors (Lipinski definition) is 2. The largest absolute Gasteiger partial charge is 0.493 e. The number of pyridine rings is 1. The average molecular weight is 574 g/mol. The summed E-state index contributed by atoms with van der Waals surface area (Å²) < 4.78 is 7.77. The minimum atomic E-state index is -1.02. The molecule has 2 atom stereocenters. The summed E-state index contributed by atoms with van der Waals surface area (Å²) in [5.41, 5.74) is 4.33. The highest BCUT2D eigenvalue weighted by molar-refractivity contribution is 5.82. The van der Waals surface area contributed by atoms with Gasteiger partial charge in [-0.25, -0.2) is 0 Å². The molecule has 3 aromatic rings. The number of carbonyl (C=O) groups excluding carboxylic acids is 1. The molecule has 2 N–H and O–H groups in total. The first kappa shape index (κ1) is 31.0. The highest BCUT2D eigenvalue weighted by Crippen LogP contribution is 2.35. The van der Waals surface area contributed by atoms with E-state index in [0.717, 1.165) is 73.1 Å². The second kappa shape index (κ2) is 14.8. The molecule has 2 aromatic carbocycles. The number of fused-ring (bicyclic) bond motifs is 4. The van der Waals surface area contributed by atoms with E-state index in [1.807, 2.05) is 69.6 Å². The number of carbonyl (C=O) groups is 2. The summed E-state index contributed by atoms with van der Waals surface area (Å²) in [7, 11) is 3.99. The van der Waals surface area contributed by atoms with E-state index in [-0.39, 0.29) is 17.9 Å². The summed E-state index contributed by atoms with van der Waals surface area (Å²) in [4.78, 5) is 41.0. The number of carboxylic acids is 1. The van der Waals surface area contributed by atoms with E-state index in [0.29, 0.717) is 18.6 Å². The number of likely N-dealkylation sites (N-methyl/N-ethyl adjacent to an activating group) is 1. The molecule has 2 bridgehead atoms. The third-order valence-electron chi connectivity index (χ3n) is 7.87. The maximum atomic E-state index is 13.9. The van der Waals surface area contributed by atoms with Gasteiger partial charge in [-0.2, -0.15) is 0 Å². The topological polar surface area (TPSA) is 101 Å². The molecule has 8 heteroatoms. The third kappa shape index (κ3) is 8.32. The summed E-state index contributed by atoms with van der Waals surface area (Å²) >= 11 is 0. The molecule has 1 amide bonds. The van der Waals surface area contributed by atoms with Crippen LogP contribution in [0.1, 0.15) is 73.7 Å². The Kier molecular flexibility index (Phi) is 11.0. The van der Waals surface area contributed by atoms with Crippen molar-refractivity contribution in [3.63, 3.8) is 0 Å². The molecule has 8 nitrogen and oxygen atoms in total. The number of aryl methyl sites for hydroxylation is 1. The minimum Gasteiger partial charge on any atom is -0.493 e. The molecule has 224 valence electrons. The molecular weight excluding hydrogens is 530 g/mol. The molecule has 1 aromatic heterocycles. The van der Waals surface area contributed by atoms with E-state index < -0.39 is 18.1 Å². The van der Waals surface area contributed by atoms with Crippen LogP contribution in [0.5, 0.6) is 5.75 Å². The van der Waals surface area contributed by atoms with Gasteiger partial charge in [0.05, 0.1) is 19.1 Å². The van der Waals surface area contributed by atoms with Crippen molar-refractivity contribution in [3.8, 4) is 16.9 Å². The normalized spacial score (nSPS) is 18.4. The highest BCUT2D eigenvalue weighted by Gasteiger charge is 2.26. The standard InChI is InChI=1S/C34H43N3O5/c1-24-11-9-15-30-33(24)27-13-10-12-26(21-27)28(22-32(39)40)35-34(41)29(14-7-5-4-6-8-20-42-30)37-23-25(16-17-31(37)38)18-19-36(2)3/h9-13,15-17,21,23,28-29H,4-8,14,18-20,22H2,1-3H3,(H,35,41)(H,39,40)/t28-,29-/m0/s1. The van der Waals surface area contributed by atoms with Crippen LogP contribution >= 0.6 is 0 Å². The van der Waals surface area contributed by atoms with Gasteiger partial charge in [-0.1, -0.05) is 62.1 Å². The number of nitrogens with one attached hydrogen (secondary N) is 1. The zero-order valence-corrected chi connectivity index (χ0v) is 25.0. The minimum absolute atomic E-state index is 0.240. The van der Waals surface area contributed by atoms with Crippen molar-refractivity contribution in [1.82, 2.24) is 14.8 Å². The molecule has 4 rings (SSSR count). The molecule has 0 saturated heterocycles. The number of ether oxygens (including phenoxy) is 1. The second-order valence-corrected chi connectivity index (χ2v) is 11.5. The number of hydrogen-bond acceptors (Lipinski definition) is 5. The molecule has 0 aliphatic carbocycles. The van der Waals surface area contributed by atoms with Crippen molar-refractivity contribution >= 4 is 11.9 Å². The predicted octanol–water partition coefficient (Wildman–Crippen LogP) is 5.53. The van der Waals surface area contributed by atoms with Crippen LogP contribution in [-0.2, 0) is 16.0 Å². The van der Waals surface area contributed by atoms with Gasteiger partial charge in [-0.05, 0) is 74.7 Å². The number of rotatable bonds is 6. The van der Waals surface area contributed by atoms with Crippen LogP contribution in [0.15, 0.2) is 65.6 Å². The Morgan fingerprint density at radius 1 is 1.02 bits per heavy atom. The Hall–Kier alpha value is -3.91. The van der Waals surface area contributed by atoms with Gasteiger partial charge in [0.1, 0.15) is 11.8 Å². The second-order valence-electron chi connectivity index (χ2n) is 11.5. The number of nitrogens with zero attached hydrogens (tertiary/aromatic N) is 2. The summed E-state index contributed by atoms with van der Waals surface area (Å²) in [6, 6.07) is 15.5. The summed E-state index contributed by atoms with van der Waals surface area (Å²) in [6.45, 7) is 3.46. The van der Waals surface area contributed by atoms with Crippen LogP contribution in [0.25, 0.3) is 11.1 Å². The van der Waals surface area contributed by atoms with Gasteiger partial charge in [-0.3, -0.25) is 14.4 Å². The van der Waals surface area contributed by atoms with Crippen LogP contribution in [0.3, 0.4) is 0 Å². The molecule has 2 heterocycles. The zero-order chi connectivity index (χ0) is 30.1. The first-order chi connectivity index (χ1) is 20.2. The van der Waals surface area contributed by atoms with Crippen LogP contribution in [0, 0.1) is 6.92 Å². The average Bonchev–Trinajstić information content (AvgIpc) is 2.95. The Balaban J connectivity index is 1.73. The number of aromatic nitrogens is 1. The smallest absolute Gasteiger partial charge is 0.305 e. The molecule has 0 radical (unpaired) electrons. The van der Waals surface area contributed by atoms with E-state index in [4.69, 9.17) is 4.74 Å². The van der Waals surface area contributed by atoms with Crippen molar-refractivity contribution < 1.29 is 19.4 Å². The molecule has 1 aliphatic rings. The van der Waals surface area contributed by atoms with Gasteiger partial charge in [0.25, 0.3) is 5.56 Å². The van der Waals surface area contributed by atoms with Gasteiger partial charge in [-0.15, -0.1) is 0 Å². The van der Waals surface area contributed by atoms with Gasteiger partial charge in [0, 0.05) is 24.4 Å². The Morgan fingerprint density at radius 2 is 1.79 bits per heavy atom. The fourth-order valence-corrected chi connectivity index (χ4v) is 5.58. The Labute approximate surface area is 248 Å². The Bertz CT molecular complexity index is 1430. The number of aliphatic carboxylic acids is 1. The SMILES string of the molecule is Cc1cccc2c1-c1cccc(c1)[C@H](CC(=O)O)NC(=O)[C@@H](n1cc(CCN(C)C)ccc1=O)CCCCCCCO2. The zero-order valence-electron chi connectivity index (χ0n) is 25.0. The van der Waals surface area contributed by atoms with Crippen molar-refractivity contribution in [3.05, 3.63) is 87.8 Å². The number of carboxylic acid groups (broad SMARTS) is 1. The lowest BCUT2D eigenvalue weighted by Crippen LogP contribution is -2.39. The van der Waals surface area contributed by atoms with Crippen LogP contribution in [0.4, 0.5) is 0 Å². The summed E-state index contributed by atoms with van der Waals surface area (Å²) in [6.07, 6.45) is 7.38. The molecule has 0 fully saturated rings. The third-order valence-corrected chi connectivity index (χ3v) is 7.87. The lowest BCUT2D eigenvalue weighted by atomic mass is 9.94. The van der Waals surface area contributed by atoms with E-state index in [1.165, 1.54) is 10.6 Å². The van der Waals surface area contributed by atoms with Crippen molar-refractivity contribution in [2.75, 3.05) is 27.2 Å². The monoisotopic (exact) mass is 573 g/mol. The van der Waals surface area contributed by atoms with Crippen molar-refractivity contribution in [1.29, 1.82) is 0 Å². The van der Waals surface area contributed by atoms with Gasteiger partial charge in [0.2, 0.25) is 5.91 Å². The van der Waals surface area contributed by atoms with Gasteiger partial charge >= 0.3 is 5.97 Å². The first-order valence-electron chi connectivity index (χ1n) is 14.9. The van der Waals surface area contributed by atoms with Gasteiger partial charge in [0.15, 0.2) is 0 Å². The summed E-state index contributed by atoms with van der Waals surface area (Å²) in [5.74, 6) is -0.567. The molecule has 0 spiro atoms. The number of amides is 1. The summed E-state index contributed by atoms with van der Waals surface area (Å²) in [5, 5.41) is 12.8. The quantitative estimate of drug-likeness (QED) is 0.402. The van der Waals surface area contributed by atoms with E-state index >= 15 is 0 Å². The highest BCUT2D eigenvalue weighted by atomic mass is 16.5. The van der Waals surface area contributed by atoms with E-state index in [9.17, 15) is 19.5 Å². The fourth-order valence-electron chi connectivity index (χ4n) is 5.58. The van der Waals surface area contributed by atoms with E-state index in [2.05, 4.69) is 10.2 Å². The number of benzene rings is 2. The lowest BCUT2D eigenvalue weighted by molar-refractivity contribution is -0.138. The molecule has 0 saturated carbocycles. The molecular formula is C34H43N3O5. The first-order valence-corrected chi connectivity index (χ1v) is 14.9. The predicted molar refractivity (Wildman–Crippen MR) is 165 cm³/mol. The van der Waals surface area contributed by atoms with Gasteiger partial charge < -0.3 is 24.6 Å². The maximum Gasteiger partial charge on any atom is 0.305 e. The van der Waals surface area contributed by atoms with Crippen molar-refractivity contribution in [2.45, 2.75) is 70.4 Å². The van der Waals surface area contributed by atoms with Crippen LogP contribution < -0.4 is 15.6 Å². The molecule has 1 aliphatic heterocycles. The maximum absolute atomic E-state index is 13.9. The fraction of sp³-hybridized carbons (Fsp3) is 0.441. The van der Waals surface area contributed by atoms with Crippen molar-refractivity contribution in [2.24, 2.45) is 0 Å². The van der Waals surface area contributed by atoms with E-state index in [1.54, 1.807) is 6.20 Å². The lowest BCUT2D eigenvalue weighted by Gasteiger charge is -2.25. The Morgan fingerprint density at radius 3 is 2.57 bits per heavy atom. The van der Waals surface area contributed by atoms with Crippen LogP contribution in [0.2, 0.25) is 0 Å². The van der Waals surface area contributed by atoms with Crippen LogP contribution in [-0.4, -0.2) is 53.7 Å². The molecule has 42 heavy (non-hydrogen) atoms. The molecule has 0 unspecified atom stereocenters.